The molecule has 1 aromatic carbocycles. The van der Waals surface area contributed by atoms with Crippen molar-refractivity contribution in [3.63, 3.8) is 0 Å². The lowest BCUT2D eigenvalue weighted by Crippen LogP contribution is -2.08. The van der Waals surface area contributed by atoms with Gasteiger partial charge in [-0.1, -0.05) is 0 Å². The molecule has 0 radical (unpaired) electrons. The monoisotopic (exact) mass is 221 g/mol. The number of aryl methyl sites for hydroxylation is 1. The van der Waals surface area contributed by atoms with Gasteiger partial charge in [-0.15, -0.1) is 0 Å². The van der Waals surface area contributed by atoms with Crippen LogP contribution < -0.4 is 16.8 Å². The van der Waals surface area contributed by atoms with Crippen LogP contribution in [0.2, 0.25) is 0 Å². The summed E-state index contributed by atoms with van der Waals surface area (Å²) < 4.78 is 6.57. The van der Waals surface area contributed by atoms with Gasteiger partial charge in [-0.2, -0.15) is 0 Å². The number of nitrogens with one attached hydrogen (secondary N) is 1. The van der Waals surface area contributed by atoms with Crippen LogP contribution in [-0.2, 0) is 7.05 Å². The van der Waals surface area contributed by atoms with Crippen LogP contribution in [0.4, 0.5) is 5.69 Å². The molecule has 0 aliphatic carbocycles. The highest BCUT2D eigenvalue weighted by Gasteiger charge is 2.05. The van der Waals surface area contributed by atoms with Crippen molar-refractivity contribution in [2.75, 3.05) is 18.4 Å². The van der Waals surface area contributed by atoms with E-state index in [1.807, 2.05) is 18.2 Å². The Morgan fingerprint density at radius 2 is 2.31 bits per heavy atom. The van der Waals surface area contributed by atoms with Crippen molar-refractivity contribution in [1.29, 1.82) is 0 Å². The third-order valence-electron chi connectivity index (χ3n) is 2.50. The topological polar surface area (TPSA) is 73.2 Å². The Balaban J connectivity index is 2.27. The minimum Gasteiger partial charge on any atom is -0.408 e. The van der Waals surface area contributed by atoms with Crippen molar-refractivity contribution in [1.82, 2.24) is 4.57 Å². The zero-order chi connectivity index (χ0) is 11.5. The summed E-state index contributed by atoms with van der Waals surface area (Å²) in [5, 5.41) is 3.22. The third kappa shape index (κ3) is 1.94. The molecule has 0 unspecified atom stereocenters. The lowest BCUT2D eigenvalue weighted by molar-refractivity contribution is 0.528. The van der Waals surface area contributed by atoms with Crippen molar-refractivity contribution in [3.05, 3.63) is 28.7 Å². The van der Waals surface area contributed by atoms with E-state index in [2.05, 4.69) is 5.32 Å². The molecule has 5 nitrogen and oxygen atoms in total. The van der Waals surface area contributed by atoms with E-state index in [0.29, 0.717) is 12.1 Å². The maximum absolute atomic E-state index is 11.3. The highest BCUT2D eigenvalue weighted by Crippen LogP contribution is 2.17. The molecule has 5 heteroatoms. The summed E-state index contributed by atoms with van der Waals surface area (Å²) in [6, 6.07) is 5.62. The Kier molecular flexibility index (Phi) is 2.96. The van der Waals surface area contributed by atoms with Gasteiger partial charge in [0.25, 0.3) is 0 Å². The summed E-state index contributed by atoms with van der Waals surface area (Å²) in [6.07, 6.45) is 0.913. The van der Waals surface area contributed by atoms with E-state index in [1.165, 1.54) is 4.57 Å². The highest BCUT2D eigenvalue weighted by molar-refractivity contribution is 5.77. The summed E-state index contributed by atoms with van der Waals surface area (Å²) >= 11 is 0. The smallest absolute Gasteiger partial charge is 0.408 e. The Hall–Kier alpha value is -1.75. The van der Waals surface area contributed by atoms with Gasteiger partial charge in [-0.3, -0.25) is 4.57 Å². The predicted octanol–water partition coefficient (Wildman–Crippen LogP) is 0.892. The highest BCUT2D eigenvalue weighted by atomic mass is 16.4. The van der Waals surface area contributed by atoms with Gasteiger partial charge in [0, 0.05) is 25.3 Å². The number of rotatable bonds is 4. The van der Waals surface area contributed by atoms with Crippen LogP contribution in [0.25, 0.3) is 11.1 Å². The summed E-state index contributed by atoms with van der Waals surface area (Å²) in [4.78, 5) is 11.3. The standard InChI is InChI=1S/C11H15N3O2/c1-14-9-4-3-8(13-6-2-5-12)7-10(9)16-11(14)15/h3-4,7,13H,2,5-6,12H2,1H3. The number of hydrogen-bond donors (Lipinski definition) is 2. The van der Waals surface area contributed by atoms with E-state index in [-0.39, 0.29) is 5.76 Å². The second kappa shape index (κ2) is 4.40. The molecule has 16 heavy (non-hydrogen) atoms. The van der Waals surface area contributed by atoms with E-state index >= 15 is 0 Å². The number of fused-ring (bicyclic) bond motifs is 1. The lowest BCUT2D eigenvalue weighted by Gasteiger charge is -2.04. The molecule has 0 aliphatic rings. The van der Waals surface area contributed by atoms with Crippen molar-refractivity contribution in [3.8, 4) is 0 Å². The zero-order valence-corrected chi connectivity index (χ0v) is 9.19. The van der Waals surface area contributed by atoms with Crippen molar-refractivity contribution in [2.24, 2.45) is 12.8 Å². The number of anilines is 1. The van der Waals surface area contributed by atoms with Crippen LogP contribution in [0.1, 0.15) is 6.42 Å². The molecule has 0 spiro atoms. The fourth-order valence-corrected chi connectivity index (χ4v) is 1.58. The molecule has 0 bridgehead atoms. The maximum atomic E-state index is 11.3. The van der Waals surface area contributed by atoms with Crippen LogP contribution in [-0.4, -0.2) is 17.7 Å². The first kappa shape index (κ1) is 10.8. The second-order valence-electron chi connectivity index (χ2n) is 3.68. The molecule has 1 heterocycles. The molecular formula is C11H15N3O2. The normalized spacial score (nSPS) is 10.9. The van der Waals surface area contributed by atoms with Gasteiger partial charge < -0.3 is 15.5 Å². The van der Waals surface area contributed by atoms with Crippen molar-refractivity contribution in [2.45, 2.75) is 6.42 Å². The summed E-state index contributed by atoms with van der Waals surface area (Å²) in [6.45, 7) is 1.48. The summed E-state index contributed by atoms with van der Waals surface area (Å²) in [5.41, 5.74) is 7.75. The first-order valence-electron chi connectivity index (χ1n) is 5.26. The number of aromatic nitrogens is 1. The van der Waals surface area contributed by atoms with Gasteiger partial charge in [0.05, 0.1) is 5.52 Å². The molecule has 2 aromatic rings. The van der Waals surface area contributed by atoms with Gasteiger partial charge in [-0.05, 0) is 25.1 Å². The maximum Gasteiger partial charge on any atom is 0.419 e. The fraction of sp³-hybridized carbons (Fsp3) is 0.364. The zero-order valence-electron chi connectivity index (χ0n) is 9.19. The second-order valence-corrected chi connectivity index (χ2v) is 3.68. The van der Waals surface area contributed by atoms with E-state index in [9.17, 15) is 4.79 Å². The summed E-state index contributed by atoms with van der Waals surface area (Å²) in [7, 11) is 1.69. The average molecular weight is 221 g/mol. The first-order valence-corrected chi connectivity index (χ1v) is 5.26. The minimum absolute atomic E-state index is 0.339. The van der Waals surface area contributed by atoms with E-state index in [0.717, 1.165) is 24.2 Å². The van der Waals surface area contributed by atoms with Gasteiger partial charge in [0.15, 0.2) is 5.58 Å². The molecule has 2 rings (SSSR count). The minimum atomic E-state index is -0.339. The van der Waals surface area contributed by atoms with Gasteiger partial charge in [0.2, 0.25) is 0 Å². The van der Waals surface area contributed by atoms with Crippen LogP contribution in [0.3, 0.4) is 0 Å². The molecule has 0 amide bonds. The van der Waals surface area contributed by atoms with Crippen LogP contribution >= 0.6 is 0 Å². The molecule has 86 valence electrons. The Morgan fingerprint density at radius 1 is 1.50 bits per heavy atom. The molecule has 0 saturated heterocycles. The van der Waals surface area contributed by atoms with Crippen molar-refractivity contribution < 1.29 is 4.42 Å². The Labute approximate surface area is 92.8 Å². The Bertz CT molecular complexity index is 542. The molecular weight excluding hydrogens is 206 g/mol. The molecule has 0 saturated carbocycles. The third-order valence-corrected chi connectivity index (χ3v) is 2.50. The molecule has 1 aromatic heterocycles. The van der Waals surface area contributed by atoms with E-state index < -0.39 is 0 Å². The lowest BCUT2D eigenvalue weighted by atomic mass is 10.2. The molecule has 3 N–H and O–H groups in total. The van der Waals surface area contributed by atoms with Gasteiger partial charge >= 0.3 is 5.76 Å². The number of nitrogens with two attached hydrogens (primary N) is 1. The summed E-state index contributed by atoms with van der Waals surface area (Å²) in [5.74, 6) is -0.339. The SMILES string of the molecule is Cn1c(=O)oc2cc(NCCCN)ccc21. The van der Waals surface area contributed by atoms with Crippen LogP contribution in [0.5, 0.6) is 0 Å². The van der Waals surface area contributed by atoms with Gasteiger partial charge in [-0.25, -0.2) is 4.79 Å². The van der Waals surface area contributed by atoms with Gasteiger partial charge in [0.1, 0.15) is 0 Å². The van der Waals surface area contributed by atoms with E-state index in [1.54, 1.807) is 7.05 Å². The van der Waals surface area contributed by atoms with Crippen molar-refractivity contribution >= 4 is 16.8 Å². The number of nitrogens with zero attached hydrogens (tertiary/aromatic N) is 1. The average Bonchev–Trinajstić information content (AvgIpc) is 2.55. The number of benzene rings is 1. The van der Waals surface area contributed by atoms with Crippen LogP contribution in [0.15, 0.2) is 27.4 Å². The molecule has 0 atom stereocenters. The number of oxazole rings is 1. The Morgan fingerprint density at radius 3 is 3.06 bits per heavy atom. The van der Waals surface area contributed by atoms with Crippen LogP contribution in [0, 0.1) is 0 Å². The fourth-order valence-electron chi connectivity index (χ4n) is 1.58. The predicted molar refractivity (Wildman–Crippen MR) is 63.6 cm³/mol. The molecule has 0 aliphatic heterocycles. The first-order chi connectivity index (χ1) is 7.72. The largest absolute Gasteiger partial charge is 0.419 e. The number of hydrogen-bond acceptors (Lipinski definition) is 4. The molecule has 0 fully saturated rings. The van der Waals surface area contributed by atoms with E-state index in [4.69, 9.17) is 10.2 Å². The quantitative estimate of drug-likeness (QED) is 0.752.